The quantitative estimate of drug-likeness (QED) is 0.437. The summed E-state index contributed by atoms with van der Waals surface area (Å²) in [6, 6.07) is 0. The zero-order valence-electron chi connectivity index (χ0n) is 5.09. The van der Waals surface area contributed by atoms with Crippen molar-refractivity contribution in [1.29, 1.82) is 0 Å². The van der Waals surface area contributed by atoms with Gasteiger partial charge in [0.05, 0.1) is 0 Å². The van der Waals surface area contributed by atoms with Gasteiger partial charge in [-0.25, -0.2) is 7.05 Å². The summed E-state index contributed by atoms with van der Waals surface area (Å²) in [5.74, 6) is -0.343. The summed E-state index contributed by atoms with van der Waals surface area (Å²) in [5, 5.41) is 0. The molecule has 3 nitrogen and oxygen atoms in total. The zero-order valence-corrected chi connectivity index (χ0v) is 11.5. The molecule has 0 bridgehead atoms. The summed E-state index contributed by atoms with van der Waals surface area (Å²) in [5.41, 5.74) is 0. The van der Waals surface area contributed by atoms with E-state index in [1.165, 1.54) is 0 Å². The number of hydrogen-bond acceptors (Lipinski definition) is 2. The maximum atomic E-state index is 10.4. The number of imide groups is 1. The van der Waals surface area contributed by atoms with Gasteiger partial charge in [-0.05, 0) is 0 Å². The molecule has 9 heavy (non-hydrogen) atoms. The molecule has 1 aliphatic rings. The SMILES string of the molecule is [CH2-]N1C(=O)CCC1=O.[Rf]. The zero-order chi connectivity index (χ0) is 6.15. The molecule has 2 amide bonds. The molecule has 1 rings (SSSR count). The Kier molecular flexibility index (Phi) is 1.54. The molecule has 0 aromatic rings. The van der Waals surface area contributed by atoms with Crippen molar-refractivity contribution < 1.29 is 9.59 Å². The van der Waals surface area contributed by atoms with Gasteiger partial charge in [0.15, 0.2) is 11.8 Å². The first kappa shape index (κ1) is 7.14. The van der Waals surface area contributed by atoms with Crippen LogP contribution in [0.3, 0.4) is 0 Å². The van der Waals surface area contributed by atoms with Crippen LogP contribution >= 0.6 is 0 Å². The van der Waals surface area contributed by atoms with Crippen LogP contribution in [0.2, 0.25) is 0 Å². The minimum Gasteiger partial charge on any atom is -0.438 e. The largest absolute Gasteiger partial charge is 0.438 e. The third-order valence-corrected chi connectivity index (χ3v) is 1.15. The van der Waals surface area contributed by atoms with Crippen molar-refractivity contribution in [2.75, 3.05) is 0 Å². The number of rotatable bonds is 0. The fraction of sp³-hybridized carbons (Fsp3) is 0.400. The Morgan fingerprint density at radius 1 is 1.22 bits per heavy atom. The minimum atomic E-state index is -0.171. The first-order valence-electron chi connectivity index (χ1n) is 2.38. The molecule has 0 unspecified atom stereocenters. The minimum absolute atomic E-state index is 0. The molecule has 0 radical (unpaired) electrons. The Morgan fingerprint density at radius 3 is 1.67 bits per heavy atom. The van der Waals surface area contributed by atoms with Gasteiger partial charge in [-0.2, -0.15) is 0 Å². The van der Waals surface area contributed by atoms with Crippen molar-refractivity contribution in [2.24, 2.45) is 0 Å². The Balaban J connectivity index is 0.000000640. The predicted octanol–water partition coefficient (Wildman–Crippen LogP) is -0.0730. The Hall–Kier alpha value is -1.86. The number of amides is 2. The number of carbonyl (C=O) groups excluding carboxylic acids is 2. The van der Waals surface area contributed by atoms with Gasteiger partial charge >= 0.3 is 0 Å². The van der Waals surface area contributed by atoms with Crippen LogP contribution in [-0.2, 0) is 9.59 Å². The van der Waals surface area contributed by atoms with E-state index in [0.717, 1.165) is 4.90 Å². The Morgan fingerprint density at radius 2 is 1.56 bits per heavy atom. The van der Waals surface area contributed by atoms with Crippen LogP contribution in [0.1, 0.15) is 12.8 Å². The molecule has 0 aromatic carbocycles. The van der Waals surface area contributed by atoms with Crippen molar-refractivity contribution in [1.82, 2.24) is 4.90 Å². The van der Waals surface area contributed by atoms with Crippen molar-refractivity contribution in [3.63, 3.8) is 0 Å². The standard InChI is InChI=1S/C5H6NO2.Rf/c1-6-4(7)2-3-5(6)8;/h1-3H2;/q-1;. The average molecular weight is 379 g/mol. The van der Waals surface area contributed by atoms with Gasteiger partial charge in [-0.1, -0.05) is 0 Å². The summed E-state index contributed by atoms with van der Waals surface area (Å²) in [6.45, 7) is 0. The van der Waals surface area contributed by atoms with E-state index in [-0.39, 0.29) is 11.8 Å². The smallest absolute Gasteiger partial charge is 0.200 e. The molecule has 1 saturated heterocycles. The molecule has 1 fully saturated rings. The average Bonchev–Trinajstić information content (AvgIpc) is 1.98. The third-order valence-electron chi connectivity index (χ3n) is 1.15. The van der Waals surface area contributed by atoms with Gasteiger partial charge < -0.3 is 4.90 Å². The summed E-state index contributed by atoms with van der Waals surface area (Å²) in [4.78, 5) is 21.8. The van der Waals surface area contributed by atoms with Crippen LogP contribution in [0, 0.1) is 7.05 Å². The van der Waals surface area contributed by atoms with Crippen molar-refractivity contribution in [3.8, 4) is 0 Å². The Bertz CT molecular complexity index is 130. The molecule has 4 heteroatoms. The van der Waals surface area contributed by atoms with Crippen LogP contribution in [0.15, 0.2) is 0 Å². The summed E-state index contributed by atoms with van der Waals surface area (Å²) in [6.07, 6.45) is 0.671. The van der Waals surface area contributed by atoms with Crippen LogP contribution in [0.4, 0.5) is 0 Å². The number of hydrogen-bond donors (Lipinski definition) is 0. The maximum absolute atomic E-state index is 10.4. The van der Waals surface area contributed by atoms with Crippen molar-refractivity contribution in [3.05, 3.63) is 7.05 Å². The monoisotopic (exact) mass is 379 g/mol. The first-order chi connectivity index (χ1) is 3.72. The summed E-state index contributed by atoms with van der Waals surface area (Å²) in [7, 11) is 3.23. The van der Waals surface area contributed by atoms with Gasteiger partial charge in [0, 0.05) is 12.8 Å². The van der Waals surface area contributed by atoms with Gasteiger partial charge in [0.25, 0.3) is 0 Å². The second-order valence-corrected chi connectivity index (χ2v) is 1.72. The van der Waals surface area contributed by atoms with Crippen molar-refractivity contribution >= 4 is 11.8 Å². The molecule has 0 aromatic heterocycles. The first-order valence-corrected chi connectivity index (χ1v) is 2.38. The molecule has 1 aliphatic heterocycles. The molecule has 1 heterocycles. The molecule has 0 aliphatic carbocycles. The molecule has 46 valence electrons. The normalized spacial score (nSPS) is 18.1. The van der Waals surface area contributed by atoms with Gasteiger partial charge in [0.2, 0.25) is 0 Å². The van der Waals surface area contributed by atoms with E-state index in [4.69, 9.17) is 0 Å². The van der Waals surface area contributed by atoms with E-state index in [0.29, 0.717) is 12.8 Å². The van der Waals surface area contributed by atoms with Crippen LogP contribution < -0.4 is 0 Å². The molecular weight excluding hydrogens is 373 g/mol. The topological polar surface area (TPSA) is 37.4 Å². The molecule has 0 spiro atoms. The summed E-state index contributed by atoms with van der Waals surface area (Å²) < 4.78 is 0. The summed E-state index contributed by atoms with van der Waals surface area (Å²) >= 11 is 0. The second-order valence-electron chi connectivity index (χ2n) is 1.72. The number of nitrogens with zero attached hydrogens (tertiary/aromatic N) is 1. The molecule has 0 N–H and O–H groups in total. The molecule has 0 saturated carbocycles. The van der Waals surface area contributed by atoms with Gasteiger partial charge in [0.1, 0.15) is 0 Å². The van der Waals surface area contributed by atoms with E-state index < -0.39 is 0 Å². The maximum Gasteiger partial charge on any atom is 0.200 e. The van der Waals surface area contributed by atoms with Crippen LogP contribution in [0.5, 0.6) is 0 Å². The second kappa shape index (κ2) is 1.94. The number of carbonyl (C=O) groups is 2. The van der Waals surface area contributed by atoms with E-state index in [1.807, 2.05) is 0 Å². The predicted molar refractivity (Wildman–Crippen MR) is 26.4 cm³/mol. The fourth-order valence-corrected chi connectivity index (χ4v) is 0.623. The molecular formula is C5H6NO2Rf-. The molecule has 0 atom stereocenters. The number of likely N-dealkylation sites (tertiary alicyclic amines) is 1. The van der Waals surface area contributed by atoms with E-state index in [1.54, 1.807) is 0 Å². The third kappa shape index (κ3) is 0.848. The van der Waals surface area contributed by atoms with Crippen LogP contribution in [-0.4, -0.2) is 16.7 Å². The van der Waals surface area contributed by atoms with E-state index in [2.05, 4.69) is 7.05 Å². The van der Waals surface area contributed by atoms with E-state index >= 15 is 0 Å². The Labute approximate surface area is 47.3 Å². The van der Waals surface area contributed by atoms with Crippen LogP contribution in [0.25, 0.3) is 0 Å². The van der Waals surface area contributed by atoms with Gasteiger partial charge in [-0.15, -0.1) is 0 Å². The van der Waals surface area contributed by atoms with Gasteiger partial charge in [-0.3, -0.25) is 9.59 Å². The van der Waals surface area contributed by atoms with Crippen molar-refractivity contribution in [2.45, 2.75) is 12.8 Å². The fourth-order valence-electron chi connectivity index (χ4n) is 0.623. The van der Waals surface area contributed by atoms with E-state index in [9.17, 15) is 9.59 Å².